The summed E-state index contributed by atoms with van der Waals surface area (Å²) < 4.78 is 0. The first kappa shape index (κ1) is 39.7. The number of hydrogen-bond acceptors (Lipinski definition) is 1. The molecule has 0 saturated heterocycles. The van der Waals surface area contributed by atoms with Gasteiger partial charge in [0.2, 0.25) is 0 Å². The van der Waals surface area contributed by atoms with Crippen LogP contribution in [0.3, 0.4) is 0 Å². The van der Waals surface area contributed by atoms with Crippen LogP contribution in [0.5, 0.6) is 0 Å². The summed E-state index contributed by atoms with van der Waals surface area (Å²) in [6.07, 6.45) is 22.7. The van der Waals surface area contributed by atoms with E-state index in [1.807, 2.05) is 6.92 Å². The van der Waals surface area contributed by atoms with Crippen molar-refractivity contribution < 1.29 is 5.11 Å². The van der Waals surface area contributed by atoms with Crippen LogP contribution in [0.4, 0.5) is 0 Å². The molecule has 0 radical (unpaired) electrons. The summed E-state index contributed by atoms with van der Waals surface area (Å²) in [4.78, 5) is 0. The standard InChI is InChI=1S/C45H68O/c1-38(46)43(41-32-28-39(29-33-41)26-22-18-14-10-8-12-16-20-24-36-44(2,3)4)42-34-30-40(31-35-42)27-23-19-15-11-9-13-17-21-25-37-45(5,6)7/h28-35,38,43,46H,8-21,24-25,36-37H2,1-7H3/t38-/m0/s1. The van der Waals surface area contributed by atoms with E-state index in [0.717, 1.165) is 35.1 Å². The lowest BCUT2D eigenvalue weighted by molar-refractivity contribution is 0.176. The van der Waals surface area contributed by atoms with Gasteiger partial charge in [-0.2, -0.15) is 0 Å². The summed E-state index contributed by atoms with van der Waals surface area (Å²) in [5.74, 6) is 13.4. The van der Waals surface area contributed by atoms with Crippen molar-refractivity contribution in [2.75, 3.05) is 0 Å². The Morgan fingerprint density at radius 2 is 0.783 bits per heavy atom. The first-order valence-electron chi connectivity index (χ1n) is 18.8. The number of benzene rings is 2. The second-order valence-electron chi connectivity index (χ2n) is 16.1. The monoisotopic (exact) mass is 625 g/mol. The molecule has 2 rings (SSSR count). The second-order valence-corrected chi connectivity index (χ2v) is 16.1. The minimum absolute atomic E-state index is 0.0639. The third-order valence-electron chi connectivity index (χ3n) is 8.94. The van der Waals surface area contributed by atoms with Gasteiger partial charge in [0.1, 0.15) is 0 Å². The lowest BCUT2D eigenvalue weighted by Crippen LogP contribution is -2.16. The molecule has 0 aliphatic heterocycles. The Hall–Kier alpha value is -2.48. The molecule has 0 saturated carbocycles. The molecule has 1 heteroatoms. The van der Waals surface area contributed by atoms with Crippen molar-refractivity contribution in [2.24, 2.45) is 10.8 Å². The molecule has 0 aromatic heterocycles. The number of hydrogen-bond donors (Lipinski definition) is 1. The molecule has 2 aromatic carbocycles. The molecule has 46 heavy (non-hydrogen) atoms. The van der Waals surface area contributed by atoms with Crippen LogP contribution in [-0.4, -0.2) is 11.2 Å². The molecule has 1 N–H and O–H groups in total. The van der Waals surface area contributed by atoms with E-state index in [4.69, 9.17) is 0 Å². The van der Waals surface area contributed by atoms with Gasteiger partial charge in [0, 0.05) is 29.9 Å². The number of aliphatic hydroxyl groups excluding tert-OH is 1. The highest BCUT2D eigenvalue weighted by molar-refractivity contribution is 5.43. The molecule has 0 heterocycles. The van der Waals surface area contributed by atoms with Gasteiger partial charge in [-0.05, 0) is 78.8 Å². The normalized spacial score (nSPS) is 12.4. The van der Waals surface area contributed by atoms with Crippen LogP contribution >= 0.6 is 0 Å². The minimum Gasteiger partial charge on any atom is -0.392 e. The first-order valence-corrected chi connectivity index (χ1v) is 18.8. The minimum atomic E-state index is -0.481. The Balaban J connectivity index is 1.69. The largest absolute Gasteiger partial charge is 0.392 e. The Morgan fingerprint density at radius 3 is 1.09 bits per heavy atom. The molecule has 0 spiro atoms. The predicted molar refractivity (Wildman–Crippen MR) is 202 cm³/mol. The van der Waals surface area contributed by atoms with Crippen LogP contribution in [0.25, 0.3) is 0 Å². The maximum absolute atomic E-state index is 10.7. The Kier molecular flexibility index (Phi) is 19.1. The fraction of sp³-hybridized carbons (Fsp3) is 0.644. The van der Waals surface area contributed by atoms with Gasteiger partial charge in [0.05, 0.1) is 6.10 Å². The van der Waals surface area contributed by atoms with Crippen LogP contribution in [0, 0.1) is 34.5 Å². The van der Waals surface area contributed by atoms with Gasteiger partial charge in [-0.1, -0.05) is 167 Å². The first-order chi connectivity index (χ1) is 21.9. The quantitative estimate of drug-likeness (QED) is 0.122. The smallest absolute Gasteiger partial charge is 0.0621 e. The van der Waals surface area contributed by atoms with E-state index in [0.29, 0.717) is 10.8 Å². The molecule has 1 atom stereocenters. The summed E-state index contributed by atoms with van der Waals surface area (Å²) in [6.45, 7) is 15.9. The molecule has 254 valence electrons. The zero-order chi connectivity index (χ0) is 33.7. The molecule has 2 aromatic rings. The van der Waals surface area contributed by atoms with E-state index in [1.54, 1.807) is 0 Å². The summed E-state index contributed by atoms with van der Waals surface area (Å²) in [5, 5.41) is 10.7. The van der Waals surface area contributed by atoms with Crippen molar-refractivity contribution in [2.45, 2.75) is 176 Å². The van der Waals surface area contributed by atoms with E-state index < -0.39 is 6.10 Å². The van der Waals surface area contributed by atoms with Gasteiger partial charge in [-0.25, -0.2) is 0 Å². The van der Waals surface area contributed by atoms with Crippen molar-refractivity contribution in [3.8, 4) is 23.7 Å². The Bertz CT molecular complexity index is 1090. The molecule has 0 unspecified atom stereocenters. The molecule has 0 aliphatic carbocycles. The number of unbranched alkanes of at least 4 members (excludes halogenated alkanes) is 14. The molecule has 0 amide bonds. The van der Waals surface area contributed by atoms with Gasteiger partial charge in [0.15, 0.2) is 0 Å². The van der Waals surface area contributed by atoms with Crippen molar-refractivity contribution in [1.82, 2.24) is 0 Å². The average molecular weight is 625 g/mol. The van der Waals surface area contributed by atoms with Gasteiger partial charge in [-0.3, -0.25) is 0 Å². The van der Waals surface area contributed by atoms with E-state index in [2.05, 4.69) is 114 Å². The highest BCUT2D eigenvalue weighted by Gasteiger charge is 2.19. The Morgan fingerprint density at radius 1 is 0.478 bits per heavy atom. The predicted octanol–water partition coefficient (Wildman–Crippen LogP) is 13.0. The molecule has 0 bridgehead atoms. The Labute approximate surface area is 285 Å². The number of rotatable bonds is 19. The van der Waals surface area contributed by atoms with Crippen molar-refractivity contribution in [3.63, 3.8) is 0 Å². The van der Waals surface area contributed by atoms with Crippen LogP contribution in [0.15, 0.2) is 48.5 Å². The van der Waals surface area contributed by atoms with Gasteiger partial charge in [0.25, 0.3) is 0 Å². The third kappa shape index (κ3) is 19.2. The summed E-state index contributed by atoms with van der Waals surface area (Å²) in [6, 6.07) is 16.9. The van der Waals surface area contributed by atoms with Crippen LogP contribution in [0.1, 0.15) is 192 Å². The maximum Gasteiger partial charge on any atom is 0.0621 e. The maximum atomic E-state index is 10.7. The summed E-state index contributed by atoms with van der Waals surface area (Å²) >= 11 is 0. The van der Waals surface area contributed by atoms with Crippen molar-refractivity contribution >= 4 is 0 Å². The van der Waals surface area contributed by atoms with E-state index in [9.17, 15) is 5.11 Å². The van der Waals surface area contributed by atoms with Crippen molar-refractivity contribution in [1.29, 1.82) is 0 Å². The fourth-order valence-electron chi connectivity index (χ4n) is 6.13. The van der Waals surface area contributed by atoms with E-state index in [-0.39, 0.29) is 5.92 Å². The zero-order valence-electron chi connectivity index (χ0n) is 30.9. The van der Waals surface area contributed by atoms with E-state index in [1.165, 1.54) is 103 Å². The number of aliphatic hydroxyl groups is 1. The highest BCUT2D eigenvalue weighted by atomic mass is 16.3. The summed E-state index contributed by atoms with van der Waals surface area (Å²) in [7, 11) is 0. The molecule has 0 aliphatic rings. The lowest BCUT2D eigenvalue weighted by Gasteiger charge is -2.21. The molecule has 1 nitrogen and oxygen atoms in total. The van der Waals surface area contributed by atoms with Crippen molar-refractivity contribution in [3.05, 3.63) is 70.8 Å². The molecular formula is C45H68O. The topological polar surface area (TPSA) is 20.2 Å². The summed E-state index contributed by atoms with van der Waals surface area (Å²) in [5.41, 5.74) is 5.30. The van der Waals surface area contributed by atoms with Gasteiger partial charge < -0.3 is 5.11 Å². The van der Waals surface area contributed by atoms with Gasteiger partial charge >= 0.3 is 0 Å². The van der Waals surface area contributed by atoms with Crippen LogP contribution < -0.4 is 0 Å². The lowest BCUT2D eigenvalue weighted by atomic mass is 9.86. The van der Waals surface area contributed by atoms with Gasteiger partial charge in [-0.15, -0.1) is 0 Å². The second kappa shape index (κ2) is 22.2. The third-order valence-corrected chi connectivity index (χ3v) is 8.94. The zero-order valence-corrected chi connectivity index (χ0v) is 30.9. The molecule has 0 fully saturated rings. The molecular weight excluding hydrogens is 556 g/mol. The van der Waals surface area contributed by atoms with Crippen LogP contribution in [0.2, 0.25) is 0 Å². The average Bonchev–Trinajstić information content (AvgIpc) is 2.99. The highest BCUT2D eigenvalue weighted by Crippen LogP contribution is 2.29. The fourth-order valence-corrected chi connectivity index (χ4v) is 6.13. The SMILES string of the molecule is C[C@H](O)C(c1ccc(C#CCCCCCCCCCC(C)(C)C)cc1)c1ccc(C#CCCCCCCCCCC(C)(C)C)cc1. The van der Waals surface area contributed by atoms with Crippen LogP contribution in [-0.2, 0) is 0 Å². The van der Waals surface area contributed by atoms with E-state index >= 15 is 0 Å².